The Morgan fingerprint density at radius 2 is 2.03 bits per heavy atom. The third kappa shape index (κ3) is 3.82. The maximum absolute atomic E-state index is 13.4. The minimum Gasteiger partial charge on any atom is -0.467 e. The fourth-order valence-corrected chi connectivity index (χ4v) is 4.43. The summed E-state index contributed by atoms with van der Waals surface area (Å²) in [6.07, 6.45) is 7.34. The van der Waals surface area contributed by atoms with E-state index in [4.69, 9.17) is 8.83 Å². The van der Waals surface area contributed by atoms with Crippen LogP contribution < -0.4 is 5.32 Å². The van der Waals surface area contributed by atoms with Gasteiger partial charge in [-0.15, -0.1) is 0 Å². The summed E-state index contributed by atoms with van der Waals surface area (Å²) in [6, 6.07) is 12.1. The van der Waals surface area contributed by atoms with E-state index in [-0.39, 0.29) is 19.0 Å². The summed E-state index contributed by atoms with van der Waals surface area (Å²) in [5.41, 5.74) is 0.140. The highest BCUT2D eigenvalue weighted by atomic mass is 16.3. The van der Waals surface area contributed by atoms with Crippen LogP contribution in [0.1, 0.15) is 44.1 Å². The summed E-state index contributed by atoms with van der Waals surface area (Å²) in [6.45, 7) is 1.49. The van der Waals surface area contributed by atoms with Crippen molar-refractivity contribution >= 4 is 28.8 Å². The first-order chi connectivity index (χ1) is 16.0. The number of hydrogen-bond donors (Lipinski definition) is 1. The molecule has 2 aliphatic rings. The fourth-order valence-electron chi connectivity index (χ4n) is 4.43. The Kier molecular flexibility index (Phi) is 5.28. The van der Waals surface area contributed by atoms with Gasteiger partial charge in [0.25, 0.3) is 5.91 Å². The van der Waals surface area contributed by atoms with Gasteiger partial charge in [-0.3, -0.25) is 14.5 Å². The van der Waals surface area contributed by atoms with Gasteiger partial charge in [0, 0.05) is 11.1 Å². The molecule has 1 saturated heterocycles. The first-order valence-corrected chi connectivity index (χ1v) is 11.1. The van der Waals surface area contributed by atoms with Crippen molar-refractivity contribution in [2.75, 3.05) is 6.54 Å². The van der Waals surface area contributed by atoms with Crippen molar-refractivity contribution in [2.24, 2.45) is 0 Å². The maximum Gasteiger partial charge on any atom is 0.325 e. The highest BCUT2D eigenvalue weighted by Crippen LogP contribution is 2.33. The van der Waals surface area contributed by atoms with E-state index in [0.717, 1.165) is 41.7 Å². The van der Waals surface area contributed by atoms with Gasteiger partial charge < -0.3 is 19.1 Å². The summed E-state index contributed by atoms with van der Waals surface area (Å²) in [4.78, 5) is 42.1. The molecular weight excluding hydrogens is 422 g/mol. The first-order valence-electron chi connectivity index (χ1n) is 11.1. The molecule has 8 nitrogen and oxygen atoms in total. The van der Waals surface area contributed by atoms with Crippen LogP contribution >= 0.6 is 0 Å². The molecule has 0 spiro atoms. The quantitative estimate of drug-likeness (QED) is 0.569. The standard InChI is InChI=1S/C25H25N3O5/c1-25(21-14-17-8-5-6-12-20(17)33-21)23(30)28(24(31)26-25)16-22(29)27(15-19-11-7-13-32-19)18-9-3-2-4-10-18/h5-9,11-14H,2-4,10,15-16H2,1H3,(H,26,31)/t25-/m1/s1. The lowest BCUT2D eigenvalue weighted by molar-refractivity contribution is -0.138. The van der Waals surface area contributed by atoms with Crippen LogP contribution in [0.3, 0.4) is 0 Å². The molecule has 0 saturated carbocycles. The minimum atomic E-state index is -1.38. The molecule has 5 rings (SSSR count). The van der Waals surface area contributed by atoms with E-state index in [1.54, 1.807) is 42.4 Å². The molecule has 2 aromatic heterocycles. The van der Waals surface area contributed by atoms with Crippen LogP contribution in [0.2, 0.25) is 0 Å². The van der Waals surface area contributed by atoms with Crippen LogP contribution in [0.15, 0.2) is 69.3 Å². The van der Waals surface area contributed by atoms with Crippen molar-refractivity contribution in [3.8, 4) is 0 Å². The second kappa shape index (κ2) is 8.27. The van der Waals surface area contributed by atoms with Crippen molar-refractivity contribution in [2.45, 2.75) is 44.7 Å². The van der Waals surface area contributed by atoms with Gasteiger partial charge in [-0.2, -0.15) is 0 Å². The Morgan fingerprint density at radius 3 is 2.76 bits per heavy atom. The molecule has 3 heterocycles. The number of amides is 4. The van der Waals surface area contributed by atoms with Gasteiger partial charge in [-0.05, 0) is 56.9 Å². The number of benzene rings is 1. The van der Waals surface area contributed by atoms with E-state index in [0.29, 0.717) is 17.1 Å². The summed E-state index contributed by atoms with van der Waals surface area (Å²) < 4.78 is 11.3. The summed E-state index contributed by atoms with van der Waals surface area (Å²) in [5, 5.41) is 3.55. The second-order valence-corrected chi connectivity index (χ2v) is 8.60. The Hall–Kier alpha value is -3.81. The van der Waals surface area contributed by atoms with Crippen LogP contribution in [0.25, 0.3) is 11.0 Å². The Balaban J connectivity index is 1.39. The topological polar surface area (TPSA) is 96.0 Å². The molecule has 33 heavy (non-hydrogen) atoms. The lowest BCUT2D eigenvalue weighted by Gasteiger charge is -2.28. The predicted octanol–water partition coefficient (Wildman–Crippen LogP) is 4.28. The van der Waals surface area contributed by atoms with Gasteiger partial charge in [0.2, 0.25) is 5.91 Å². The number of furan rings is 2. The molecular formula is C25H25N3O5. The molecule has 0 bridgehead atoms. The summed E-state index contributed by atoms with van der Waals surface area (Å²) >= 11 is 0. The number of hydrogen-bond acceptors (Lipinski definition) is 5. The highest BCUT2D eigenvalue weighted by molar-refractivity contribution is 6.09. The average molecular weight is 447 g/mol. The molecule has 1 atom stereocenters. The lowest BCUT2D eigenvalue weighted by atomic mass is 9.99. The van der Waals surface area contributed by atoms with Crippen LogP contribution in [0.4, 0.5) is 4.79 Å². The highest BCUT2D eigenvalue weighted by Gasteiger charge is 2.52. The van der Waals surface area contributed by atoms with Crippen molar-refractivity contribution in [3.05, 3.63) is 72.0 Å². The molecule has 4 amide bonds. The van der Waals surface area contributed by atoms with E-state index in [9.17, 15) is 14.4 Å². The Labute approximate surface area is 190 Å². The zero-order valence-electron chi connectivity index (χ0n) is 18.4. The van der Waals surface area contributed by atoms with Crippen molar-refractivity contribution in [3.63, 3.8) is 0 Å². The summed E-state index contributed by atoms with van der Waals surface area (Å²) in [7, 11) is 0. The van der Waals surface area contributed by atoms with Crippen LogP contribution in [-0.2, 0) is 21.7 Å². The van der Waals surface area contributed by atoms with E-state index < -0.39 is 17.5 Å². The van der Waals surface area contributed by atoms with E-state index in [2.05, 4.69) is 11.4 Å². The minimum absolute atomic E-state index is 0.252. The number of urea groups is 1. The van der Waals surface area contributed by atoms with Crippen molar-refractivity contribution in [1.29, 1.82) is 0 Å². The number of nitrogens with zero attached hydrogens (tertiary/aromatic N) is 2. The Bertz CT molecular complexity index is 1210. The zero-order chi connectivity index (χ0) is 23.0. The van der Waals surface area contributed by atoms with Gasteiger partial charge in [0.05, 0.1) is 12.8 Å². The zero-order valence-corrected chi connectivity index (χ0v) is 18.4. The third-order valence-electron chi connectivity index (χ3n) is 6.30. The molecule has 0 radical (unpaired) electrons. The number of para-hydroxylation sites is 1. The largest absolute Gasteiger partial charge is 0.467 e. The third-order valence-corrected chi connectivity index (χ3v) is 6.30. The van der Waals surface area contributed by atoms with Gasteiger partial charge in [0.15, 0.2) is 5.54 Å². The first kappa shape index (κ1) is 21.1. The van der Waals surface area contributed by atoms with E-state index in [1.165, 1.54) is 0 Å². The van der Waals surface area contributed by atoms with E-state index in [1.807, 2.05) is 18.2 Å². The number of imide groups is 1. The van der Waals surface area contributed by atoms with Crippen LogP contribution in [0.5, 0.6) is 0 Å². The number of rotatable bonds is 6. The van der Waals surface area contributed by atoms with Gasteiger partial charge in [0.1, 0.15) is 23.6 Å². The second-order valence-electron chi connectivity index (χ2n) is 8.60. The molecule has 170 valence electrons. The molecule has 8 heteroatoms. The molecule has 1 aliphatic carbocycles. The predicted molar refractivity (Wildman–Crippen MR) is 120 cm³/mol. The smallest absolute Gasteiger partial charge is 0.325 e. The lowest BCUT2D eigenvalue weighted by Crippen LogP contribution is -2.44. The number of fused-ring (bicyclic) bond motifs is 1. The van der Waals surface area contributed by atoms with Crippen LogP contribution in [0, 0.1) is 0 Å². The van der Waals surface area contributed by atoms with Gasteiger partial charge in [-0.1, -0.05) is 24.3 Å². The van der Waals surface area contributed by atoms with Crippen LogP contribution in [-0.4, -0.2) is 34.2 Å². The van der Waals surface area contributed by atoms with Crippen molar-refractivity contribution in [1.82, 2.24) is 15.1 Å². The molecule has 3 aromatic rings. The fraction of sp³-hybridized carbons (Fsp3) is 0.320. The van der Waals surface area contributed by atoms with Gasteiger partial charge in [-0.25, -0.2) is 4.79 Å². The molecule has 1 aromatic carbocycles. The van der Waals surface area contributed by atoms with E-state index >= 15 is 0 Å². The molecule has 0 unspecified atom stereocenters. The number of carbonyl (C=O) groups is 3. The number of nitrogens with one attached hydrogen (secondary N) is 1. The molecule has 1 N–H and O–H groups in total. The average Bonchev–Trinajstić information content (AvgIpc) is 3.54. The normalized spacial score (nSPS) is 20.8. The molecule has 1 fully saturated rings. The molecule has 1 aliphatic heterocycles. The summed E-state index contributed by atoms with van der Waals surface area (Å²) in [5.74, 6) is 0.117. The monoisotopic (exact) mass is 447 g/mol. The SMILES string of the molecule is C[C@]1(c2cc3ccccc3o2)NC(=O)N(CC(=O)N(Cc2ccco2)C2=CCCCC2)C1=O. The Morgan fingerprint density at radius 1 is 1.18 bits per heavy atom. The van der Waals surface area contributed by atoms with Gasteiger partial charge >= 0.3 is 6.03 Å². The number of allylic oxidation sites excluding steroid dienone is 2. The maximum atomic E-state index is 13.4. The number of carbonyl (C=O) groups excluding carboxylic acids is 3. The van der Waals surface area contributed by atoms with Crippen molar-refractivity contribution < 1.29 is 23.2 Å².